The Morgan fingerprint density at radius 3 is 2.79 bits per heavy atom. The Kier molecular flexibility index (Phi) is 5.40. The van der Waals surface area contributed by atoms with E-state index in [2.05, 4.69) is 50.8 Å². The van der Waals surface area contributed by atoms with Crippen LogP contribution >= 0.6 is 15.9 Å². The zero-order valence-corrected chi connectivity index (χ0v) is 12.9. The Labute approximate surface area is 123 Å². The number of carbonyl (C=O) groups excluding carboxylic acids is 1. The fraction of sp³-hybridized carbons (Fsp3) is 0.533. The van der Waals surface area contributed by atoms with Crippen molar-refractivity contribution in [2.75, 3.05) is 13.1 Å². The molecule has 2 N–H and O–H groups in total. The second-order valence-electron chi connectivity index (χ2n) is 5.24. The molecule has 2 rings (SSSR count). The van der Waals surface area contributed by atoms with E-state index in [0.29, 0.717) is 5.92 Å². The van der Waals surface area contributed by atoms with E-state index >= 15 is 0 Å². The van der Waals surface area contributed by atoms with Gasteiger partial charge in [-0.2, -0.15) is 0 Å². The lowest BCUT2D eigenvalue weighted by atomic mass is 9.87. The van der Waals surface area contributed by atoms with Crippen LogP contribution in [0.4, 0.5) is 0 Å². The minimum absolute atomic E-state index is 0.0627. The van der Waals surface area contributed by atoms with E-state index in [4.69, 9.17) is 0 Å². The molecule has 4 heteroatoms. The number of piperidine rings is 1. The number of benzene rings is 1. The predicted molar refractivity (Wildman–Crippen MR) is 81.0 cm³/mol. The van der Waals surface area contributed by atoms with Crippen LogP contribution in [-0.2, 0) is 11.2 Å². The molecule has 0 aromatic heterocycles. The molecule has 0 aliphatic carbocycles. The van der Waals surface area contributed by atoms with E-state index in [-0.39, 0.29) is 11.9 Å². The quantitative estimate of drug-likeness (QED) is 0.893. The molecule has 0 saturated carbocycles. The van der Waals surface area contributed by atoms with Crippen molar-refractivity contribution < 1.29 is 4.79 Å². The first-order valence-electron chi connectivity index (χ1n) is 6.87. The van der Waals surface area contributed by atoms with E-state index in [9.17, 15) is 4.79 Å². The summed E-state index contributed by atoms with van der Waals surface area (Å²) in [5.41, 5.74) is 1.27. The van der Waals surface area contributed by atoms with Gasteiger partial charge >= 0.3 is 0 Å². The number of hydrogen-bond donors (Lipinski definition) is 2. The molecule has 3 nitrogen and oxygen atoms in total. The van der Waals surface area contributed by atoms with Crippen LogP contribution in [0, 0.1) is 5.92 Å². The summed E-state index contributed by atoms with van der Waals surface area (Å²) in [5.74, 6) is 0.592. The van der Waals surface area contributed by atoms with Crippen LogP contribution in [-0.4, -0.2) is 25.0 Å². The largest absolute Gasteiger partial charge is 0.353 e. The molecule has 19 heavy (non-hydrogen) atoms. The lowest BCUT2D eigenvalue weighted by molar-refractivity contribution is -0.120. The van der Waals surface area contributed by atoms with Gasteiger partial charge in [0, 0.05) is 17.4 Å². The van der Waals surface area contributed by atoms with Gasteiger partial charge in [-0.1, -0.05) is 28.1 Å². The van der Waals surface area contributed by atoms with E-state index in [1.165, 1.54) is 18.4 Å². The lowest BCUT2D eigenvalue weighted by Gasteiger charge is -2.31. The minimum atomic E-state index is 0.0627. The van der Waals surface area contributed by atoms with Gasteiger partial charge in [-0.25, -0.2) is 0 Å². The topological polar surface area (TPSA) is 41.1 Å². The maximum atomic E-state index is 11.4. The molecule has 1 aromatic rings. The van der Waals surface area contributed by atoms with Crippen molar-refractivity contribution in [3.8, 4) is 0 Å². The molecule has 1 amide bonds. The summed E-state index contributed by atoms with van der Waals surface area (Å²) in [6.07, 6.45) is 3.29. The van der Waals surface area contributed by atoms with Gasteiger partial charge in [0.15, 0.2) is 0 Å². The number of carbonyl (C=O) groups is 1. The number of halogens is 1. The van der Waals surface area contributed by atoms with Gasteiger partial charge in [0.05, 0.1) is 0 Å². The molecule has 0 bridgehead atoms. The first-order valence-corrected chi connectivity index (χ1v) is 7.66. The Morgan fingerprint density at radius 2 is 2.21 bits per heavy atom. The second-order valence-corrected chi connectivity index (χ2v) is 6.16. The van der Waals surface area contributed by atoms with Gasteiger partial charge in [0.2, 0.25) is 5.91 Å². The van der Waals surface area contributed by atoms with Crippen LogP contribution < -0.4 is 10.6 Å². The first kappa shape index (κ1) is 14.5. The van der Waals surface area contributed by atoms with Crippen LogP contribution in [0.5, 0.6) is 0 Å². The van der Waals surface area contributed by atoms with Crippen molar-refractivity contribution in [3.63, 3.8) is 0 Å². The zero-order chi connectivity index (χ0) is 13.7. The molecule has 0 radical (unpaired) electrons. The smallest absolute Gasteiger partial charge is 0.217 e. The van der Waals surface area contributed by atoms with Crippen LogP contribution in [0.25, 0.3) is 0 Å². The van der Waals surface area contributed by atoms with Gasteiger partial charge in [-0.3, -0.25) is 4.79 Å². The average Bonchev–Trinajstić information content (AvgIpc) is 2.41. The van der Waals surface area contributed by atoms with Crippen LogP contribution in [0.1, 0.15) is 25.3 Å². The highest BCUT2D eigenvalue weighted by Gasteiger charge is 2.24. The van der Waals surface area contributed by atoms with Crippen molar-refractivity contribution in [3.05, 3.63) is 34.3 Å². The molecular formula is C15H21BrN2O. The summed E-state index contributed by atoms with van der Waals surface area (Å²) in [4.78, 5) is 11.4. The van der Waals surface area contributed by atoms with E-state index in [0.717, 1.165) is 24.0 Å². The molecule has 104 valence electrons. The van der Waals surface area contributed by atoms with Crippen LogP contribution in [0.15, 0.2) is 28.7 Å². The van der Waals surface area contributed by atoms with Gasteiger partial charge in [-0.15, -0.1) is 0 Å². The molecule has 1 saturated heterocycles. The molecule has 1 aliphatic rings. The Morgan fingerprint density at radius 1 is 1.47 bits per heavy atom. The normalized spacial score (nSPS) is 20.8. The van der Waals surface area contributed by atoms with Crippen LogP contribution in [0.3, 0.4) is 0 Å². The number of hydrogen-bond acceptors (Lipinski definition) is 2. The fourth-order valence-corrected chi connectivity index (χ4v) is 2.96. The third kappa shape index (κ3) is 4.62. The Bertz CT molecular complexity index is 413. The van der Waals surface area contributed by atoms with Crippen molar-refractivity contribution in [2.24, 2.45) is 5.92 Å². The lowest BCUT2D eigenvalue weighted by Crippen LogP contribution is -2.46. The van der Waals surface area contributed by atoms with Crippen molar-refractivity contribution in [2.45, 2.75) is 32.2 Å². The van der Waals surface area contributed by atoms with Gasteiger partial charge in [0.25, 0.3) is 0 Å². The molecule has 2 atom stereocenters. The zero-order valence-electron chi connectivity index (χ0n) is 11.3. The molecule has 1 fully saturated rings. The van der Waals surface area contributed by atoms with Crippen molar-refractivity contribution in [1.82, 2.24) is 10.6 Å². The van der Waals surface area contributed by atoms with E-state index in [1.807, 2.05) is 0 Å². The minimum Gasteiger partial charge on any atom is -0.353 e. The summed E-state index contributed by atoms with van der Waals surface area (Å²) in [6, 6.07) is 8.58. The highest BCUT2D eigenvalue weighted by molar-refractivity contribution is 9.10. The fourth-order valence-electron chi connectivity index (χ4n) is 2.69. The Balaban J connectivity index is 2.03. The highest BCUT2D eigenvalue weighted by Crippen LogP contribution is 2.19. The van der Waals surface area contributed by atoms with E-state index in [1.54, 1.807) is 6.92 Å². The number of nitrogens with one attached hydrogen (secondary N) is 2. The SMILES string of the molecule is CC(=O)NC(Cc1ccc(Br)cc1)C1CCCNC1. The first-order chi connectivity index (χ1) is 9.15. The summed E-state index contributed by atoms with van der Waals surface area (Å²) in [6.45, 7) is 3.70. The molecule has 2 unspecified atom stereocenters. The molecule has 1 heterocycles. The maximum Gasteiger partial charge on any atom is 0.217 e. The summed E-state index contributed by atoms with van der Waals surface area (Å²) < 4.78 is 1.09. The van der Waals surface area contributed by atoms with Crippen molar-refractivity contribution >= 4 is 21.8 Å². The Hall–Kier alpha value is -0.870. The maximum absolute atomic E-state index is 11.4. The highest BCUT2D eigenvalue weighted by atomic mass is 79.9. The number of rotatable bonds is 4. The molecular weight excluding hydrogens is 304 g/mol. The third-order valence-electron chi connectivity index (χ3n) is 3.66. The monoisotopic (exact) mass is 324 g/mol. The molecule has 1 aromatic carbocycles. The molecule has 1 aliphatic heterocycles. The van der Waals surface area contributed by atoms with Gasteiger partial charge in [-0.05, 0) is 56.0 Å². The third-order valence-corrected chi connectivity index (χ3v) is 4.19. The molecule has 0 spiro atoms. The number of amides is 1. The predicted octanol–water partition coefficient (Wildman–Crippen LogP) is 2.50. The second kappa shape index (κ2) is 7.06. The summed E-state index contributed by atoms with van der Waals surface area (Å²) in [7, 11) is 0. The van der Waals surface area contributed by atoms with Gasteiger partial charge < -0.3 is 10.6 Å². The standard InChI is InChI=1S/C15H21BrN2O/c1-11(19)18-15(13-3-2-8-17-10-13)9-12-4-6-14(16)7-5-12/h4-7,13,15,17H,2-3,8-10H2,1H3,(H,18,19). The summed E-state index contributed by atoms with van der Waals surface area (Å²) in [5, 5.41) is 6.55. The van der Waals surface area contributed by atoms with E-state index < -0.39 is 0 Å². The summed E-state index contributed by atoms with van der Waals surface area (Å²) >= 11 is 3.45. The van der Waals surface area contributed by atoms with Crippen LogP contribution in [0.2, 0.25) is 0 Å². The average molecular weight is 325 g/mol. The van der Waals surface area contributed by atoms with Gasteiger partial charge in [0.1, 0.15) is 0 Å². The van der Waals surface area contributed by atoms with Crippen molar-refractivity contribution in [1.29, 1.82) is 0 Å².